The van der Waals surface area contributed by atoms with Gasteiger partial charge in [0.25, 0.3) is 0 Å². The van der Waals surface area contributed by atoms with Gasteiger partial charge in [0.05, 0.1) is 24.6 Å². The number of aryl methyl sites for hydroxylation is 1. The van der Waals surface area contributed by atoms with Gasteiger partial charge in [-0.25, -0.2) is 14.4 Å². The van der Waals surface area contributed by atoms with Crippen LogP contribution in [0.25, 0.3) is 22.5 Å². The highest BCUT2D eigenvalue weighted by Gasteiger charge is 2.24. The van der Waals surface area contributed by atoms with Crippen LogP contribution in [0.1, 0.15) is 5.56 Å². The molecule has 4 heterocycles. The van der Waals surface area contributed by atoms with Gasteiger partial charge in [-0.3, -0.25) is 14.4 Å². The monoisotopic (exact) mass is 585 g/mol. The van der Waals surface area contributed by atoms with Crippen molar-refractivity contribution in [2.45, 2.75) is 13.5 Å². The average Bonchev–Trinajstić information content (AvgIpc) is 3.47. The molecule has 2 aliphatic rings. The summed E-state index contributed by atoms with van der Waals surface area (Å²) in [4.78, 5) is 28.6. The summed E-state index contributed by atoms with van der Waals surface area (Å²) < 4.78 is 27.0. The molecule has 0 saturated carbocycles. The van der Waals surface area contributed by atoms with Crippen molar-refractivity contribution in [3.05, 3.63) is 78.4 Å². The zero-order chi connectivity index (χ0) is 29.6. The quantitative estimate of drug-likeness (QED) is 0.295. The molecule has 0 radical (unpaired) electrons. The zero-order valence-corrected chi connectivity index (χ0v) is 24.4. The minimum absolute atomic E-state index is 0.00316. The van der Waals surface area contributed by atoms with Gasteiger partial charge in [-0.05, 0) is 42.3 Å². The molecule has 2 aliphatic heterocycles. The van der Waals surface area contributed by atoms with Crippen LogP contribution in [0.2, 0.25) is 0 Å². The molecule has 0 unspecified atom stereocenters. The van der Waals surface area contributed by atoms with E-state index in [9.17, 15) is 9.18 Å². The molecule has 11 heteroatoms. The van der Waals surface area contributed by atoms with E-state index in [2.05, 4.69) is 19.8 Å². The van der Waals surface area contributed by atoms with E-state index in [0.29, 0.717) is 49.9 Å². The van der Waals surface area contributed by atoms with Gasteiger partial charge in [-0.15, -0.1) is 0 Å². The summed E-state index contributed by atoms with van der Waals surface area (Å²) in [5, 5.41) is 4.79. The normalized spacial score (nSPS) is 16.0. The molecule has 0 spiro atoms. The smallest absolute Gasteiger partial charge is 0.244 e. The van der Waals surface area contributed by atoms with Crippen molar-refractivity contribution in [2.75, 3.05) is 70.5 Å². The fraction of sp³-hybridized carbons (Fsp3) is 0.375. The first kappa shape index (κ1) is 28.8. The van der Waals surface area contributed by atoms with Crippen LogP contribution in [0.3, 0.4) is 0 Å². The van der Waals surface area contributed by atoms with E-state index in [1.54, 1.807) is 23.7 Å². The highest BCUT2D eigenvalue weighted by atomic mass is 19.1. The lowest BCUT2D eigenvalue weighted by atomic mass is 10.1. The third kappa shape index (κ3) is 7.00. The molecule has 2 aromatic carbocycles. The Morgan fingerprint density at radius 3 is 2.49 bits per heavy atom. The van der Waals surface area contributed by atoms with Crippen LogP contribution < -0.4 is 9.64 Å². The Morgan fingerprint density at radius 1 is 0.930 bits per heavy atom. The fourth-order valence-electron chi connectivity index (χ4n) is 5.42. The van der Waals surface area contributed by atoms with E-state index in [1.807, 2.05) is 47.4 Å². The predicted octanol–water partition coefficient (Wildman–Crippen LogP) is 3.51. The zero-order valence-electron chi connectivity index (χ0n) is 24.4. The summed E-state index contributed by atoms with van der Waals surface area (Å²) in [5.74, 6) is 1.09. The highest BCUT2D eigenvalue weighted by Crippen LogP contribution is 2.28. The van der Waals surface area contributed by atoms with Crippen LogP contribution in [0.15, 0.2) is 67.0 Å². The van der Waals surface area contributed by atoms with Crippen molar-refractivity contribution in [3.8, 4) is 28.4 Å². The summed E-state index contributed by atoms with van der Waals surface area (Å²) in [5.41, 5.74) is 3.87. The number of ether oxygens (including phenoxy) is 2. The van der Waals surface area contributed by atoms with E-state index in [0.717, 1.165) is 55.5 Å². The Labute approximate surface area is 250 Å². The Morgan fingerprint density at radius 2 is 1.72 bits per heavy atom. The van der Waals surface area contributed by atoms with E-state index in [4.69, 9.17) is 14.6 Å². The first-order valence-electron chi connectivity index (χ1n) is 14.7. The molecule has 2 fully saturated rings. The number of morpholine rings is 1. The minimum Gasteiger partial charge on any atom is -0.476 e. The number of hydrogen-bond donors (Lipinski definition) is 0. The first-order chi connectivity index (χ1) is 21.0. The Balaban J connectivity index is 1.08. The second kappa shape index (κ2) is 13.3. The number of anilines is 1. The molecule has 0 aliphatic carbocycles. The third-order valence-electron chi connectivity index (χ3n) is 7.93. The summed E-state index contributed by atoms with van der Waals surface area (Å²) in [6.45, 7) is 9.05. The lowest BCUT2D eigenvalue weighted by Gasteiger charge is -2.35. The van der Waals surface area contributed by atoms with Gasteiger partial charge in [-0.2, -0.15) is 5.10 Å². The molecule has 4 aromatic rings. The van der Waals surface area contributed by atoms with Gasteiger partial charge < -0.3 is 19.3 Å². The number of nitrogens with zero attached hydrogens (tertiary/aromatic N) is 7. The standard InChI is InChI=1S/C32H36FN7O3/c1-24-19-26(7-8-27(24)33)28-20-29(25-5-3-2-4-6-25)40(36-28)22-32(41)39-11-9-38(10-12-39)30-21-31(35-23-34-30)43-18-15-37-13-16-42-17-14-37/h2-8,19-21,23H,9-18,22H2,1H3. The molecule has 2 aromatic heterocycles. The maximum atomic E-state index is 13.9. The lowest BCUT2D eigenvalue weighted by Crippen LogP contribution is -2.50. The maximum absolute atomic E-state index is 13.9. The van der Waals surface area contributed by atoms with Crippen LogP contribution in [0.4, 0.5) is 10.2 Å². The Kier molecular flexibility index (Phi) is 8.90. The van der Waals surface area contributed by atoms with E-state index >= 15 is 0 Å². The van der Waals surface area contributed by atoms with Crippen molar-refractivity contribution in [1.29, 1.82) is 0 Å². The highest BCUT2D eigenvalue weighted by molar-refractivity contribution is 5.78. The number of piperazine rings is 1. The van der Waals surface area contributed by atoms with Gasteiger partial charge in [0.1, 0.15) is 31.1 Å². The van der Waals surface area contributed by atoms with Gasteiger partial charge in [-0.1, -0.05) is 30.3 Å². The van der Waals surface area contributed by atoms with Crippen molar-refractivity contribution < 1.29 is 18.7 Å². The summed E-state index contributed by atoms with van der Waals surface area (Å²) >= 11 is 0. The molecule has 0 atom stereocenters. The molecule has 43 heavy (non-hydrogen) atoms. The number of carbonyl (C=O) groups is 1. The van der Waals surface area contributed by atoms with Crippen molar-refractivity contribution >= 4 is 11.7 Å². The van der Waals surface area contributed by atoms with Crippen molar-refractivity contribution in [2.24, 2.45) is 0 Å². The maximum Gasteiger partial charge on any atom is 0.244 e. The van der Waals surface area contributed by atoms with Gasteiger partial charge in [0, 0.05) is 57.4 Å². The SMILES string of the molecule is Cc1cc(-c2cc(-c3ccccc3)n(CC(=O)N3CCN(c4cc(OCCN5CCOCC5)ncn4)CC3)n2)ccc1F. The number of aromatic nitrogens is 4. The molecule has 2 saturated heterocycles. The Hall–Kier alpha value is -4.35. The Bertz CT molecular complexity index is 1530. The predicted molar refractivity (Wildman–Crippen MR) is 161 cm³/mol. The molecule has 1 amide bonds. The van der Waals surface area contributed by atoms with Gasteiger partial charge >= 0.3 is 0 Å². The van der Waals surface area contributed by atoms with Gasteiger partial charge in [0.15, 0.2) is 0 Å². The number of benzene rings is 2. The second-order valence-electron chi connectivity index (χ2n) is 10.8. The topological polar surface area (TPSA) is 88.9 Å². The molecule has 6 rings (SSSR count). The van der Waals surface area contributed by atoms with Crippen molar-refractivity contribution in [1.82, 2.24) is 29.5 Å². The summed E-state index contributed by atoms with van der Waals surface area (Å²) in [6.07, 6.45) is 1.53. The molecule has 0 bridgehead atoms. The average molecular weight is 586 g/mol. The summed E-state index contributed by atoms with van der Waals surface area (Å²) in [6, 6.07) is 18.7. The number of halogens is 1. The third-order valence-corrected chi connectivity index (χ3v) is 7.93. The molecule has 10 nitrogen and oxygen atoms in total. The number of carbonyl (C=O) groups excluding carboxylic acids is 1. The van der Waals surface area contributed by atoms with Crippen LogP contribution >= 0.6 is 0 Å². The number of amides is 1. The second-order valence-corrected chi connectivity index (χ2v) is 10.8. The number of hydrogen-bond acceptors (Lipinski definition) is 8. The number of rotatable bonds is 9. The first-order valence-corrected chi connectivity index (χ1v) is 14.7. The minimum atomic E-state index is -0.254. The van der Waals surface area contributed by atoms with E-state index in [-0.39, 0.29) is 18.3 Å². The molecular formula is C32H36FN7O3. The van der Waals surface area contributed by atoms with Crippen LogP contribution in [0.5, 0.6) is 5.88 Å². The van der Waals surface area contributed by atoms with Crippen LogP contribution in [-0.2, 0) is 16.1 Å². The van der Waals surface area contributed by atoms with E-state index in [1.165, 1.54) is 12.4 Å². The van der Waals surface area contributed by atoms with Crippen LogP contribution in [0, 0.1) is 12.7 Å². The van der Waals surface area contributed by atoms with Gasteiger partial charge in [0.2, 0.25) is 11.8 Å². The molecule has 0 N–H and O–H groups in total. The van der Waals surface area contributed by atoms with E-state index < -0.39 is 0 Å². The fourth-order valence-corrected chi connectivity index (χ4v) is 5.42. The van der Waals surface area contributed by atoms with Crippen molar-refractivity contribution in [3.63, 3.8) is 0 Å². The van der Waals surface area contributed by atoms with Crippen LogP contribution in [-0.4, -0.2) is 101 Å². The molecular weight excluding hydrogens is 549 g/mol. The summed E-state index contributed by atoms with van der Waals surface area (Å²) in [7, 11) is 0. The molecule has 224 valence electrons. The lowest BCUT2D eigenvalue weighted by molar-refractivity contribution is -0.132. The largest absolute Gasteiger partial charge is 0.476 e.